The Bertz CT molecular complexity index is 1740. The van der Waals surface area contributed by atoms with Gasteiger partial charge in [0, 0.05) is 29.2 Å². The molecule has 15 heteroatoms. The van der Waals surface area contributed by atoms with Crippen LogP contribution in [0.15, 0.2) is 54.3 Å². The second-order valence-corrected chi connectivity index (χ2v) is 13.0. The van der Waals surface area contributed by atoms with Gasteiger partial charge in [-0.2, -0.15) is 0 Å². The van der Waals surface area contributed by atoms with E-state index < -0.39 is 78.1 Å². The predicted octanol–water partition coefficient (Wildman–Crippen LogP) is 0.897. The molecule has 50 heavy (non-hydrogen) atoms. The van der Waals surface area contributed by atoms with Crippen LogP contribution in [0.2, 0.25) is 0 Å². The normalized spacial score (nSPS) is 26.5. The monoisotopic (exact) mass is 695 g/mol. The summed E-state index contributed by atoms with van der Waals surface area (Å²) >= 11 is 0. The van der Waals surface area contributed by atoms with E-state index in [2.05, 4.69) is 4.90 Å². The van der Waals surface area contributed by atoms with Crippen LogP contribution in [0.5, 0.6) is 5.75 Å². The Balaban J connectivity index is 1.20. The molecule has 0 aromatic heterocycles. The number of hydrogen-bond acceptors (Lipinski definition) is 13. The molecule has 266 valence electrons. The minimum absolute atomic E-state index is 0.0345. The maximum absolute atomic E-state index is 13.3. The summed E-state index contributed by atoms with van der Waals surface area (Å²) in [7, 11) is 1.96. The first-order chi connectivity index (χ1) is 23.8. The predicted molar refractivity (Wildman–Crippen MR) is 167 cm³/mol. The number of likely N-dealkylation sites (N-methyl/N-ethyl adjacent to an activating group) is 1. The molecule has 0 saturated carbocycles. The summed E-state index contributed by atoms with van der Waals surface area (Å²) < 4.78 is 22.2. The van der Waals surface area contributed by atoms with Gasteiger partial charge in [-0.3, -0.25) is 9.59 Å². The molecular weight excluding hydrogens is 658 g/mol. The molecule has 4 aliphatic rings. The van der Waals surface area contributed by atoms with Crippen LogP contribution in [0, 0.1) is 0 Å². The summed E-state index contributed by atoms with van der Waals surface area (Å²) in [5.41, 5.74) is -0.0189. The molecule has 2 aromatic rings. The lowest BCUT2D eigenvalue weighted by atomic mass is 9.52. The van der Waals surface area contributed by atoms with Gasteiger partial charge in [0.05, 0.1) is 30.5 Å². The van der Waals surface area contributed by atoms with Gasteiger partial charge in [0.25, 0.3) is 0 Å². The molecule has 0 radical (unpaired) electrons. The van der Waals surface area contributed by atoms with E-state index in [1.807, 2.05) is 13.1 Å². The topological polar surface area (TPSA) is 227 Å². The quantitative estimate of drug-likeness (QED) is 0.154. The molecule has 1 spiro atoms. The fourth-order valence-corrected chi connectivity index (χ4v) is 7.91. The van der Waals surface area contributed by atoms with E-state index in [4.69, 9.17) is 24.1 Å². The number of nitrogens with zero attached hydrogens (tertiary/aromatic N) is 1. The Morgan fingerprint density at radius 2 is 1.76 bits per heavy atom. The highest BCUT2D eigenvalue weighted by molar-refractivity contribution is 5.87. The van der Waals surface area contributed by atoms with E-state index in [0.29, 0.717) is 37.1 Å². The average Bonchev–Trinajstić information content (AvgIpc) is 3.42. The molecule has 2 aliphatic carbocycles. The number of ether oxygens (including phenoxy) is 4. The van der Waals surface area contributed by atoms with Crippen molar-refractivity contribution >= 4 is 29.8 Å². The van der Waals surface area contributed by atoms with Crippen molar-refractivity contribution in [2.45, 2.75) is 86.6 Å². The molecule has 1 fully saturated rings. The van der Waals surface area contributed by atoms with Crippen LogP contribution < -0.4 is 4.74 Å². The Hall–Kier alpha value is -4.83. The summed E-state index contributed by atoms with van der Waals surface area (Å²) in [6, 6.07) is 10.8. The number of carboxylic acid groups (broad SMARTS) is 2. The number of aliphatic hydroxyl groups is 3. The largest absolute Gasteiger partial charge is 0.481 e. The Labute approximate surface area is 285 Å². The fourth-order valence-electron chi connectivity index (χ4n) is 7.91. The molecule has 2 aliphatic heterocycles. The Morgan fingerprint density at radius 3 is 2.44 bits per heavy atom. The number of carboxylic acids is 2. The second-order valence-electron chi connectivity index (χ2n) is 13.0. The van der Waals surface area contributed by atoms with Gasteiger partial charge in [0.2, 0.25) is 12.2 Å². The van der Waals surface area contributed by atoms with Crippen molar-refractivity contribution in [3.05, 3.63) is 76.6 Å². The zero-order valence-electron chi connectivity index (χ0n) is 27.0. The van der Waals surface area contributed by atoms with Crippen LogP contribution in [0.25, 0.3) is 0 Å². The Morgan fingerprint density at radius 1 is 1.02 bits per heavy atom. The minimum atomic E-state index is -2.08. The van der Waals surface area contributed by atoms with Gasteiger partial charge < -0.3 is 49.4 Å². The lowest BCUT2D eigenvalue weighted by Crippen LogP contribution is -2.69. The molecule has 2 bridgehead atoms. The molecular formula is C35H37NO14. The number of rotatable bonds is 12. The van der Waals surface area contributed by atoms with E-state index in [-0.39, 0.29) is 30.4 Å². The maximum Gasteiger partial charge on any atom is 0.353 e. The van der Waals surface area contributed by atoms with Crippen LogP contribution in [-0.2, 0) is 56.6 Å². The Kier molecular flexibility index (Phi) is 9.43. The smallest absolute Gasteiger partial charge is 0.353 e. The molecule has 2 aromatic carbocycles. The van der Waals surface area contributed by atoms with Crippen LogP contribution in [0.3, 0.4) is 0 Å². The number of carbonyl (C=O) groups is 5. The first-order valence-electron chi connectivity index (χ1n) is 16.2. The van der Waals surface area contributed by atoms with Crippen molar-refractivity contribution in [3.8, 4) is 5.75 Å². The van der Waals surface area contributed by atoms with Crippen LogP contribution in [0.1, 0.15) is 60.5 Å². The van der Waals surface area contributed by atoms with Crippen LogP contribution in [-0.4, -0.2) is 104 Å². The van der Waals surface area contributed by atoms with Crippen molar-refractivity contribution in [3.63, 3.8) is 0 Å². The first-order valence-corrected chi connectivity index (χ1v) is 16.2. The highest BCUT2D eigenvalue weighted by Gasteiger charge is 2.70. The van der Waals surface area contributed by atoms with Gasteiger partial charge in [-0.15, -0.1) is 0 Å². The first kappa shape index (κ1) is 35.0. The number of esters is 3. The van der Waals surface area contributed by atoms with E-state index in [9.17, 15) is 44.4 Å². The van der Waals surface area contributed by atoms with E-state index in [1.54, 1.807) is 18.2 Å². The molecule has 15 nitrogen and oxygen atoms in total. The molecule has 7 atom stereocenters. The summed E-state index contributed by atoms with van der Waals surface area (Å²) in [4.78, 5) is 63.9. The third kappa shape index (κ3) is 5.89. The molecule has 1 saturated heterocycles. The fraction of sp³-hybridized carbons (Fsp3) is 0.457. The third-order valence-electron chi connectivity index (χ3n) is 10.2. The van der Waals surface area contributed by atoms with Crippen molar-refractivity contribution in [1.29, 1.82) is 0 Å². The number of hydrogen-bond donors (Lipinski definition) is 5. The van der Waals surface area contributed by atoms with E-state index in [1.165, 1.54) is 24.3 Å². The molecule has 5 N–H and O–H groups in total. The SMILES string of the molecule is CN1CCC[C@]23c4c5ccc(CO)c4O[C@H]2C(OC(=O)[C@@H](O)CC(=O)O[C@H](C(=O)O[C@@H](CC(=O)O)C(=O)O)c2ccccc2)=CC[C@@]3(O)[C@H]1C5. The van der Waals surface area contributed by atoms with Gasteiger partial charge in [-0.25, -0.2) is 14.4 Å². The summed E-state index contributed by atoms with van der Waals surface area (Å²) in [6.07, 6.45) is -5.64. The van der Waals surface area contributed by atoms with E-state index >= 15 is 0 Å². The number of aliphatic hydroxyl groups excluding tert-OH is 2. The van der Waals surface area contributed by atoms with Crippen molar-refractivity contribution in [2.75, 3.05) is 13.6 Å². The van der Waals surface area contributed by atoms with Crippen LogP contribution in [0.4, 0.5) is 0 Å². The maximum atomic E-state index is 13.3. The third-order valence-corrected chi connectivity index (χ3v) is 10.2. The zero-order chi connectivity index (χ0) is 36.0. The summed E-state index contributed by atoms with van der Waals surface area (Å²) in [6.45, 7) is 0.391. The van der Waals surface area contributed by atoms with Crippen molar-refractivity contribution < 1.29 is 68.5 Å². The number of likely N-dealkylation sites (tertiary alicyclic amines) is 1. The standard InChI is InChI=1S/C35H37NO14/c1-36-13-5-11-34-27-19-8-9-20(17-37)28(27)50-30(34)22(10-12-35(34,46)24(36)14-19)47-32(44)21(38)15-26(41)49-29(18-6-3-2-4-7-18)33(45)48-23(31(42)43)16-25(39)40/h2-4,6-10,21,23-24,29-30,37-38,46H,5,11-17H2,1H3,(H,39,40)(H,42,43)/t21-,23-,24+,29-,30-,34-,35+/m0/s1. The summed E-state index contributed by atoms with van der Waals surface area (Å²) in [5, 5.41) is 51.7. The van der Waals surface area contributed by atoms with Gasteiger partial charge in [-0.05, 0) is 44.5 Å². The van der Waals surface area contributed by atoms with Gasteiger partial charge in [0.15, 0.2) is 12.2 Å². The van der Waals surface area contributed by atoms with Crippen molar-refractivity contribution in [2.24, 2.45) is 0 Å². The highest BCUT2D eigenvalue weighted by atomic mass is 16.6. The summed E-state index contributed by atoms with van der Waals surface area (Å²) in [5.74, 6) is -6.68. The number of aliphatic carboxylic acids is 2. The average molecular weight is 696 g/mol. The lowest BCUT2D eigenvalue weighted by Gasteiger charge is -2.56. The highest BCUT2D eigenvalue weighted by Crippen LogP contribution is 2.64. The number of carbonyl (C=O) groups excluding carboxylic acids is 3. The van der Waals surface area contributed by atoms with Gasteiger partial charge in [0.1, 0.15) is 11.5 Å². The van der Waals surface area contributed by atoms with Gasteiger partial charge >= 0.3 is 29.8 Å². The molecule has 6 rings (SSSR count). The van der Waals surface area contributed by atoms with E-state index in [0.717, 1.165) is 11.1 Å². The zero-order valence-corrected chi connectivity index (χ0v) is 27.0. The van der Waals surface area contributed by atoms with Crippen molar-refractivity contribution in [1.82, 2.24) is 4.90 Å². The number of benzene rings is 2. The molecule has 0 amide bonds. The lowest BCUT2D eigenvalue weighted by molar-refractivity contribution is -0.180. The van der Waals surface area contributed by atoms with Gasteiger partial charge in [-0.1, -0.05) is 42.5 Å². The molecule has 0 unspecified atom stereocenters. The van der Waals surface area contributed by atoms with Crippen LogP contribution >= 0.6 is 0 Å². The molecule has 2 heterocycles. The minimum Gasteiger partial charge on any atom is -0.481 e. The second kappa shape index (κ2) is 13.5.